The van der Waals surface area contributed by atoms with Crippen LogP contribution in [0, 0.1) is 0 Å². The van der Waals surface area contributed by atoms with E-state index < -0.39 is 0 Å². The van der Waals surface area contributed by atoms with Gasteiger partial charge in [0.25, 0.3) is 0 Å². The Balaban J connectivity index is 1.67. The average molecular weight is 222 g/mol. The lowest BCUT2D eigenvalue weighted by Gasteiger charge is -2.30. The van der Waals surface area contributed by atoms with E-state index in [1.54, 1.807) is 0 Å². The van der Waals surface area contributed by atoms with Crippen LogP contribution < -0.4 is 5.32 Å². The smallest absolute Gasteiger partial charge is 0.0522 e. The Morgan fingerprint density at radius 1 is 1.50 bits per heavy atom. The van der Waals surface area contributed by atoms with Gasteiger partial charge in [0.05, 0.1) is 6.20 Å². The normalized spacial score (nSPS) is 22.5. The number of nitrogens with one attached hydrogen (secondary N) is 1. The van der Waals surface area contributed by atoms with Gasteiger partial charge in [-0.05, 0) is 45.0 Å². The molecule has 2 heterocycles. The fraction of sp³-hybridized carbons (Fsp3) is 0.750. The van der Waals surface area contributed by atoms with E-state index in [4.69, 9.17) is 0 Å². The second kappa shape index (κ2) is 5.46. The van der Waals surface area contributed by atoms with Gasteiger partial charge in [-0.15, -0.1) is 0 Å². The Bertz CT molecular complexity index is 321. The summed E-state index contributed by atoms with van der Waals surface area (Å²) in [5.41, 5.74) is 1.32. The second-order valence-electron chi connectivity index (χ2n) is 4.83. The lowest BCUT2D eigenvalue weighted by molar-refractivity contribution is 0.228. The van der Waals surface area contributed by atoms with Crippen LogP contribution in [-0.4, -0.2) is 47.4 Å². The molecule has 1 N–H and O–H groups in total. The number of hydrogen-bond acceptors (Lipinski definition) is 3. The molecule has 1 aromatic rings. The Labute approximate surface area is 97.6 Å². The molecule has 4 nitrogen and oxygen atoms in total. The van der Waals surface area contributed by atoms with Gasteiger partial charge in [0, 0.05) is 25.8 Å². The quantitative estimate of drug-likeness (QED) is 0.812. The van der Waals surface area contributed by atoms with Gasteiger partial charge in [-0.1, -0.05) is 0 Å². The number of nitrogens with zero attached hydrogens (tertiary/aromatic N) is 3. The summed E-state index contributed by atoms with van der Waals surface area (Å²) in [6.07, 6.45) is 7.76. The van der Waals surface area contributed by atoms with Gasteiger partial charge in [0.2, 0.25) is 0 Å². The van der Waals surface area contributed by atoms with Crippen molar-refractivity contribution in [1.29, 1.82) is 0 Å². The van der Waals surface area contributed by atoms with Crippen LogP contribution in [0.5, 0.6) is 0 Å². The molecule has 16 heavy (non-hydrogen) atoms. The molecule has 0 bridgehead atoms. The Morgan fingerprint density at radius 3 is 3.06 bits per heavy atom. The number of piperidine rings is 1. The maximum Gasteiger partial charge on any atom is 0.0522 e. The fourth-order valence-electron chi connectivity index (χ4n) is 2.35. The summed E-state index contributed by atoms with van der Waals surface area (Å²) in [6.45, 7) is 3.50. The predicted octanol–water partition coefficient (Wildman–Crippen LogP) is 0.646. The number of hydrogen-bond donors (Lipinski definition) is 1. The Morgan fingerprint density at radius 2 is 2.38 bits per heavy atom. The minimum Gasteiger partial charge on any atom is -0.312 e. The van der Waals surface area contributed by atoms with Crippen LogP contribution in [0.4, 0.5) is 0 Å². The molecule has 0 radical (unpaired) electrons. The van der Waals surface area contributed by atoms with E-state index in [1.807, 2.05) is 17.9 Å². The SMILES string of the molecule is CN1CCCC(NCCc2cnn(C)c2)C1. The lowest BCUT2D eigenvalue weighted by Crippen LogP contribution is -2.44. The summed E-state index contributed by atoms with van der Waals surface area (Å²) >= 11 is 0. The summed E-state index contributed by atoms with van der Waals surface area (Å²) in [7, 11) is 4.17. The van der Waals surface area contributed by atoms with Gasteiger partial charge in [-0.25, -0.2) is 0 Å². The van der Waals surface area contributed by atoms with E-state index in [0.717, 1.165) is 13.0 Å². The third kappa shape index (κ3) is 3.32. The molecular weight excluding hydrogens is 200 g/mol. The molecule has 2 rings (SSSR count). The maximum absolute atomic E-state index is 4.17. The summed E-state index contributed by atoms with van der Waals surface area (Å²) in [6, 6.07) is 0.676. The number of likely N-dealkylation sites (tertiary alicyclic amines) is 1. The van der Waals surface area contributed by atoms with E-state index in [2.05, 4.69) is 28.6 Å². The molecular formula is C12H22N4. The number of aromatic nitrogens is 2. The van der Waals surface area contributed by atoms with Crippen molar-refractivity contribution in [2.24, 2.45) is 7.05 Å². The first-order valence-electron chi connectivity index (χ1n) is 6.13. The van der Waals surface area contributed by atoms with Gasteiger partial charge in [0.15, 0.2) is 0 Å². The van der Waals surface area contributed by atoms with Gasteiger partial charge in [0.1, 0.15) is 0 Å². The zero-order chi connectivity index (χ0) is 11.4. The molecule has 1 atom stereocenters. The molecule has 0 aromatic carbocycles. The van der Waals surface area contributed by atoms with E-state index >= 15 is 0 Å². The molecule has 1 aliphatic heterocycles. The fourth-order valence-corrected chi connectivity index (χ4v) is 2.35. The molecule has 0 saturated carbocycles. The monoisotopic (exact) mass is 222 g/mol. The first-order valence-corrected chi connectivity index (χ1v) is 6.13. The van der Waals surface area contributed by atoms with E-state index in [9.17, 15) is 0 Å². The van der Waals surface area contributed by atoms with Crippen molar-refractivity contribution in [3.63, 3.8) is 0 Å². The first-order chi connectivity index (χ1) is 7.74. The van der Waals surface area contributed by atoms with E-state index in [1.165, 1.54) is 31.5 Å². The molecule has 1 aromatic heterocycles. The van der Waals surface area contributed by atoms with Gasteiger partial charge in [-0.2, -0.15) is 5.10 Å². The van der Waals surface area contributed by atoms with Crippen molar-refractivity contribution < 1.29 is 0 Å². The van der Waals surface area contributed by atoms with Crippen LogP contribution in [0.25, 0.3) is 0 Å². The van der Waals surface area contributed by atoms with Crippen molar-refractivity contribution in [1.82, 2.24) is 20.0 Å². The summed E-state index contributed by atoms with van der Waals surface area (Å²) in [5.74, 6) is 0. The van der Waals surface area contributed by atoms with Crippen molar-refractivity contribution in [2.45, 2.75) is 25.3 Å². The molecule has 4 heteroatoms. The highest BCUT2D eigenvalue weighted by Gasteiger charge is 2.15. The minimum absolute atomic E-state index is 0.676. The third-order valence-corrected chi connectivity index (χ3v) is 3.23. The molecule has 1 fully saturated rings. The van der Waals surface area contributed by atoms with E-state index in [-0.39, 0.29) is 0 Å². The standard InChI is InChI=1S/C12H22N4/c1-15-7-3-4-12(10-15)13-6-5-11-8-14-16(2)9-11/h8-9,12-13H,3-7,10H2,1-2H3. The average Bonchev–Trinajstić information content (AvgIpc) is 2.64. The summed E-state index contributed by atoms with van der Waals surface area (Å²) in [5, 5.41) is 7.81. The topological polar surface area (TPSA) is 33.1 Å². The van der Waals surface area contributed by atoms with Crippen LogP contribution in [0.1, 0.15) is 18.4 Å². The van der Waals surface area contributed by atoms with Crippen LogP contribution in [0.15, 0.2) is 12.4 Å². The molecule has 0 aliphatic carbocycles. The van der Waals surface area contributed by atoms with E-state index in [0.29, 0.717) is 6.04 Å². The number of rotatable bonds is 4. The largest absolute Gasteiger partial charge is 0.312 e. The Hall–Kier alpha value is -0.870. The van der Waals surface area contributed by atoms with Gasteiger partial charge in [-0.3, -0.25) is 4.68 Å². The zero-order valence-corrected chi connectivity index (χ0v) is 10.3. The molecule has 0 spiro atoms. The highest BCUT2D eigenvalue weighted by Crippen LogP contribution is 2.07. The van der Waals surface area contributed by atoms with Crippen molar-refractivity contribution in [3.8, 4) is 0 Å². The highest BCUT2D eigenvalue weighted by atomic mass is 15.2. The number of aryl methyl sites for hydroxylation is 1. The van der Waals surface area contributed by atoms with Crippen LogP contribution in [-0.2, 0) is 13.5 Å². The predicted molar refractivity (Wildman–Crippen MR) is 65.4 cm³/mol. The maximum atomic E-state index is 4.17. The third-order valence-electron chi connectivity index (χ3n) is 3.23. The number of likely N-dealkylation sites (N-methyl/N-ethyl adjacent to an activating group) is 1. The van der Waals surface area contributed by atoms with Crippen LogP contribution >= 0.6 is 0 Å². The van der Waals surface area contributed by atoms with Crippen molar-refractivity contribution >= 4 is 0 Å². The minimum atomic E-state index is 0.676. The molecule has 90 valence electrons. The molecule has 1 saturated heterocycles. The van der Waals surface area contributed by atoms with Gasteiger partial charge >= 0.3 is 0 Å². The summed E-state index contributed by atoms with van der Waals surface area (Å²) < 4.78 is 1.86. The highest BCUT2D eigenvalue weighted by molar-refractivity contribution is 5.03. The van der Waals surface area contributed by atoms with Crippen molar-refractivity contribution in [2.75, 3.05) is 26.7 Å². The van der Waals surface area contributed by atoms with Crippen LogP contribution in [0.2, 0.25) is 0 Å². The first kappa shape index (κ1) is 11.6. The molecule has 1 aliphatic rings. The second-order valence-corrected chi connectivity index (χ2v) is 4.83. The summed E-state index contributed by atoms with van der Waals surface area (Å²) in [4.78, 5) is 2.41. The zero-order valence-electron chi connectivity index (χ0n) is 10.3. The van der Waals surface area contributed by atoms with Crippen LogP contribution in [0.3, 0.4) is 0 Å². The molecule has 0 amide bonds. The van der Waals surface area contributed by atoms with Crippen molar-refractivity contribution in [3.05, 3.63) is 18.0 Å². The molecule has 1 unspecified atom stereocenters. The lowest BCUT2D eigenvalue weighted by atomic mass is 10.1. The van der Waals surface area contributed by atoms with Gasteiger partial charge < -0.3 is 10.2 Å². The Kier molecular flexibility index (Phi) is 3.96.